The van der Waals surface area contributed by atoms with E-state index < -0.39 is 0 Å². The average Bonchev–Trinajstić information content (AvgIpc) is 2.21. The van der Waals surface area contributed by atoms with Crippen LogP contribution in [0.2, 0.25) is 0 Å². The van der Waals surface area contributed by atoms with Crippen LogP contribution in [0.25, 0.3) is 0 Å². The number of hydrogen-bond donors (Lipinski definition) is 0. The fourth-order valence-corrected chi connectivity index (χ4v) is 0.999. The molecule has 1 unspecified atom stereocenters. The van der Waals surface area contributed by atoms with E-state index >= 15 is 0 Å². The SMILES string of the molecule is C=CN(C=O)CCC(C)N(C=C)C=O. The van der Waals surface area contributed by atoms with Crippen LogP contribution in [0.15, 0.2) is 25.6 Å². The molecule has 2 amide bonds. The fraction of sp³-hybridized carbons (Fsp3) is 0.400. The number of nitrogens with zero attached hydrogens (tertiary/aromatic N) is 2. The van der Waals surface area contributed by atoms with Crippen molar-refractivity contribution in [3.63, 3.8) is 0 Å². The van der Waals surface area contributed by atoms with Crippen molar-refractivity contribution in [2.24, 2.45) is 0 Å². The lowest BCUT2D eigenvalue weighted by atomic mass is 10.2. The molecule has 4 nitrogen and oxygen atoms in total. The van der Waals surface area contributed by atoms with Crippen LogP contribution < -0.4 is 0 Å². The molecule has 1 atom stereocenters. The van der Waals surface area contributed by atoms with Gasteiger partial charge in [0.15, 0.2) is 0 Å². The molecule has 0 aromatic heterocycles. The van der Waals surface area contributed by atoms with Crippen molar-refractivity contribution < 1.29 is 9.59 Å². The molecular formula is C10H16N2O2. The van der Waals surface area contributed by atoms with Crippen LogP contribution in [0.3, 0.4) is 0 Å². The fourth-order valence-electron chi connectivity index (χ4n) is 0.999. The van der Waals surface area contributed by atoms with Crippen LogP contribution in [0.5, 0.6) is 0 Å². The van der Waals surface area contributed by atoms with Gasteiger partial charge in [0, 0.05) is 12.6 Å². The van der Waals surface area contributed by atoms with E-state index in [9.17, 15) is 9.59 Å². The Balaban J connectivity index is 3.98. The molecule has 78 valence electrons. The van der Waals surface area contributed by atoms with Gasteiger partial charge in [-0.25, -0.2) is 0 Å². The molecule has 0 bridgehead atoms. The highest BCUT2D eigenvalue weighted by Crippen LogP contribution is 2.02. The quantitative estimate of drug-likeness (QED) is 0.543. The molecule has 0 radical (unpaired) electrons. The Morgan fingerprint density at radius 1 is 1.21 bits per heavy atom. The number of amides is 2. The van der Waals surface area contributed by atoms with Gasteiger partial charge in [0.25, 0.3) is 0 Å². The molecule has 4 heteroatoms. The van der Waals surface area contributed by atoms with E-state index in [1.54, 1.807) is 0 Å². The van der Waals surface area contributed by atoms with Crippen LogP contribution >= 0.6 is 0 Å². The third kappa shape index (κ3) is 3.89. The van der Waals surface area contributed by atoms with E-state index in [0.717, 1.165) is 6.41 Å². The minimum Gasteiger partial charge on any atom is -0.322 e. The van der Waals surface area contributed by atoms with E-state index in [1.165, 1.54) is 22.2 Å². The van der Waals surface area contributed by atoms with Crippen molar-refractivity contribution in [2.75, 3.05) is 6.54 Å². The Bertz CT molecular complexity index is 200. The molecule has 0 saturated heterocycles. The van der Waals surface area contributed by atoms with E-state index in [1.807, 2.05) is 6.92 Å². The zero-order valence-corrected chi connectivity index (χ0v) is 8.43. The van der Waals surface area contributed by atoms with Crippen LogP contribution in [-0.2, 0) is 9.59 Å². The van der Waals surface area contributed by atoms with Gasteiger partial charge >= 0.3 is 0 Å². The highest BCUT2D eigenvalue weighted by molar-refractivity contribution is 5.50. The lowest BCUT2D eigenvalue weighted by Crippen LogP contribution is -2.30. The Hall–Kier alpha value is -1.58. The molecule has 0 saturated carbocycles. The topological polar surface area (TPSA) is 40.6 Å². The molecule has 0 fully saturated rings. The molecule has 0 aromatic carbocycles. The first kappa shape index (κ1) is 12.4. The second-order valence-corrected chi connectivity index (χ2v) is 2.90. The first-order valence-electron chi connectivity index (χ1n) is 4.38. The third-order valence-electron chi connectivity index (χ3n) is 2.02. The molecule has 0 spiro atoms. The summed E-state index contributed by atoms with van der Waals surface area (Å²) in [5.41, 5.74) is 0. The summed E-state index contributed by atoms with van der Waals surface area (Å²) in [5.74, 6) is 0. The summed E-state index contributed by atoms with van der Waals surface area (Å²) < 4.78 is 0. The van der Waals surface area contributed by atoms with Gasteiger partial charge in [-0.05, 0) is 25.7 Å². The van der Waals surface area contributed by atoms with Gasteiger partial charge in [-0.15, -0.1) is 0 Å². The first-order valence-corrected chi connectivity index (χ1v) is 4.38. The molecular weight excluding hydrogens is 180 g/mol. The summed E-state index contributed by atoms with van der Waals surface area (Å²) in [6.45, 7) is 9.44. The second-order valence-electron chi connectivity index (χ2n) is 2.90. The summed E-state index contributed by atoms with van der Waals surface area (Å²) in [6.07, 6.45) is 5.04. The predicted octanol–water partition coefficient (Wildman–Crippen LogP) is 0.969. The van der Waals surface area contributed by atoms with Crippen molar-refractivity contribution in [2.45, 2.75) is 19.4 Å². The normalized spacial score (nSPS) is 11.2. The molecule has 0 heterocycles. The standard InChI is InChI=1S/C10H16N2O2/c1-4-11(8-13)7-6-10(3)12(5-2)9-14/h4-5,8-10H,1-2,6-7H2,3H3. The number of carbonyl (C=O) groups is 2. The molecule has 0 aliphatic heterocycles. The summed E-state index contributed by atoms with van der Waals surface area (Å²) in [5, 5.41) is 0. The third-order valence-corrected chi connectivity index (χ3v) is 2.02. The Morgan fingerprint density at radius 3 is 2.21 bits per heavy atom. The van der Waals surface area contributed by atoms with Gasteiger partial charge in [-0.1, -0.05) is 13.2 Å². The smallest absolute Gasteiger partial charge is 0.213 e. The van der Waals surface area contributed by atoms with Crippen LogP contribution in [0.4, 0.5) is 0 Å². The second kappa shape index (κ2) is 6.88. The average molecular weight is 196 g/mol. The minimum absolute atomic E-state index is 0.0346. The van der Waals surface area contributed by atoms with Gasteiger partial charge in [-0.3, -0.25) is 9.59 Å². The molecule has 14 heavy (non-hydrogen) atoms. The monoisotopic (exact) mass is 196 g/mol. The zero-order chi connectivity index (χ0) is 11.0. The van der Waals surface area contributed by atoms with Crippen LogP contribution in [-0.4, -0.2) is 35.2 Å². The Kier molecular flexibility index (Phi) is 6.11. The van der Waals surface area contributed by atoms with Gasteiger partial charge in [0.05, 0.1) is 0 Å². The van der Waals surface area contributed by atoms with Gasteiger partial charge in [0.1, 0.15) is 0 Å². The molecule has 0 aliphatic rings. The maximum absolute atomic E-state index is 10.5. The minimum atomic E-state index is 0.0346. The number of carbonyl (C=O) groups excluding carboxylic acids is 2. The van der Waals surface area contributed by atoms with E-state index in [0.29, 0.717) is 19.4 Å². The van der Waals surface area contributed by atoms with Crippen molar-refractivity contribution >= 4 is 12.8 Å². The summed E-state index contributed by atoms with van der Waals surface area (Å²) in [4.78, 5) is 23.8. The number of hydrogen-bond acceptors (Lipinski definition) is 2. The highest BCUT2D eigenvalue weighted by Gasteiger charge is 2.08. The first-order chi connectivity index (χ1) is 6.69. The van der Waals surface area contributed by atoms with E-state index in [4.69, 9.17) is 0 Å². The van der Waals surface area contributed by atoms with E-state index in [2.05, 4.69) is 13.2 Å². The summed E-state index contributed by atoms with van der Waals surface area (Å²) in [6, 6.07) is 0.0346. The van der Waals surface area contributed by atoms with Crippen molar-refractivity contribution in [3.8, 4) is 0 Å². The molecule has 0 aromatic rings. The summed E-state index contributed by atoms with van der Waals surface area (Å²) in [7, 11) is 0. The molecule has 0 aliphatic carbocycles. The van der Waals surface area contributed by atoms with Crippen molar-refractivity contribution in [1.29, 1.82) is 0 Å². The lowest BCUT2D eigenvalue weighted by molar-refractivity contribution is -0.117. The zero-order valence-electron chi connectivity index (χ0n) is 8.43. The predicted molar refractivity (Wildman–Crippen MR) is 55.1 cm³/mol. The van der Waals surface area contributed by atoms with Crippen molar-refractivity contribution in [3.05, 3.63) is 25.6 Å². The largest absolute Gasteiger partial charge is 0.322 e. The van der Waals surface area contributed by atoms with Gasteiger partial charge in [-0.2, -0.15) is 0 Å². The molecule has 0 N–H and O–H groups in total. The van der Waals surface area contributed by atoms with E-state index in [-0.39, 0.29) is 6.04 Å². The number of rotatable bonds is 8. The molecule has 0 rings (SSSR count). The van der Waals surface area contributed by atoms with Crippen LogP contribution in [0, 0.1) is 0 Å². The van der Waals surface area contributed by atoms with Gasteiger partial charge < -0.3 is 9.80 Å². The lowest BCUT2D eigenvalue weighted by Gasteiger charge is -2.22. The highest BCUT2D eigenvalue weighted by atomic mass is 16.1. The summed E-state index contributed by atoms with van der Waals surface area (Å²) >= 11 is 0. The maximum atomic E-state index is 10.5. The Labute approximate surface area is 84.5 Å². The Morgan fingerprint density at radius 2 is 1.86 bits per heavy atom. The van der Waals surface area contributed by atoms with Crippen LogP contribution in [0.1, 0.15) is 13.3 Å². The van der Waals surface area contributed by atoms with Crippen molar-refractivity contribution in [1.82, 2.24) is 9.80 Å². The van der Waals surface area contributed by atoms with Gasteiger partial charge in [0.2, 0.25) is 12.8 Å². The maximum Gasteiger partial charge on any atom is 0.213 e.